The zero-order valence-electron chi connectivity index (χ0n) is 11.2. The van der Waals surface area contributed by atoms with Crippen LogP contribution in [0, 0.1) is 5.82 Å². The van der Waals surface area contributed by atoms with E-state index in [0.717, 1.165) is 12.1 Å². The van der Waals surface area contributed by atoms with E-state index in [1.54, 1.807) is 0 Å². The Morgan fingerprint density at radius 1 is 1.14 bits per heavy atom. The van der Waals surface area contributed by atoms with Crippen LogP contribution in [0.1, 0.15) is 0 Å². The maximum Gasteiger partial charge on any atom is 0.262 e. The molecule has 0 spiro atoms. The second kappa shape index (κ2) is 5.30. The van der Waals surface area contributed by atoms with Crippen molar-refractivity contribution in [3.05, 3.63) is 48.3 Å². The average Bonchev–Trinajstić information content (AvgIpc) is 2.47. The maximum atomic E-state index is 12.9. The van der Waals surface area contributed by atoms with E-state index in [1.165, 1.54) is 30.3 Å². The van der Waals surface area contributed by atoms with Gasteiger partial charge in [-0.15, -0.1) is 0 Å². The molecule has 1 aliphatic heterocycles. The van der Waals surface area contributed by atoms with E-state index in [9.17, 15) is 17.6 Å². The molecule has 0 saturated heterocycles. The Labute approximate surface area is 126 Å². The Kier molecular flexibility index (Phi) is 3.45. The van der Waals surface area contributed by atoms with Crippen molar-refractivity contribution in [2.45, 2.75) is 4.90 Å². The third-order valence-corrected chi connectivity index (χ3v) is 4.39. The molecule has 3 rings (SSSR count). The van der Waals surface area contributed by atoms with Gasteiger partial charge in [-0.1, -0.05) is 0 Å². The van der Waals surface area contributed by atoms with Crippen LogP contribution in [-0.2, 0) is 14.8 Å². The number of halogens is 1. The molecule has 0 unspecified atom stereocenters. The third kappa shape index (κ3) is 2.86. The van der Waals surface area contributed by atoms with E-state index in [2.05, 4.69) is 10.0 Å². The number of fused-ring (bicyclic) bond motifs is 1. The first kappa shape index (κ1) is 14.3. The van der Waals surface area contributed by atoms with Gasteiger partial charge in [-0.05, 0) is 36.4 Å². The molecule has 0 bridgehead atoms. The Morgan fingerprint density at radius 2 is 1.86 bits per heavy atom. The molecule has 1 heterocycles. The number of hydrogen-bond donors (Lipinski definition) is 2. The number of amides is 1. The van der Waals surface area contributed by atoms with Crippen LogP contribution in [0.25, 0.3) is 0 Å². The van der Waals surface area contributed by atoms with E-state index >= 15 is 0 Å². The first-order valence-electron chi connectivity index (χ1n) is 6.29. The monoisotopic (exact) mass is 322 g/mol. The van der Waals surface area contributed by atoms with Crippen molar-refractivity contribution in [1.82, 2.24) is 0 Å². The van der Waals surface area contributed by atoms with Crippen molar-refractivity contribution >= 4 is 27.3 Å². The predicted molar refractivity (Wildman–Crippen MR) is 77.8 cm³/mol. The molecule has 0 saturated carbocycles. The number of carbonyl (C=O) groups excluding carboxylic acids is 1. The minimum Gasteiger partial charge on any atom is -0.482 e. The normalized spacial score (nSPS) is 13.8. The fraction of sp³-hybridized carbons (Fsp3) is 0.0714. The fourth-order valence-corrected chi connectivity index (χ4v) is 3.02. The molecule has 114 valence electrons. The van der Waals surface area contributed by atoms with Crippen LogP contribution in [0.3, 0.4) is 0 Å². The van der Waals surface area contributed by atoms with Crippen LogP contribution in [0.5, 0.6) is 5.75 Å². The molecule has 8 heteroatoms. The molecule has 2 N–H and O–H groups in total. The van der Waals surface area contributed by atoms with E-state index in [-0.39, 0.29) is 23.1 Å². The Morgan fingerprint density at radius 3 is 2.59 bits per heavy atom. The second-order valence-corrected chi connectivity index (χ2v) is 6.29. The summed E-state index contributed by atoms with van der Waals surface area (Å²) in [4.78, 5) is 11.1. The zero-order valence-corrected chi connectivity index (χ0v) is 12.0. The summed E-state index contributed by atoms with van der Waals surface area (Å²) in [7, 11) is -3.83. The van der Waals surface area contributed by atoms with Crippen molar-refractivity contribution in [1.29, 1.82) is 0 Å². The van der Waals surface area contributed by atoms with Gasteiger partial charge >= 0.3 is 0 Å². The van der Waals surface area contributed by atoms with Crippen LogP contribution < -0.4 is 14.8 Å². The highest BCUT2D eigenvalue weighted by Gasteiger charge is 2.18. The van der Waals surface area contributed by atoms with Crippen molar-refractivity contribution in [3.8, 4) is 5.75 Å². The molecule has 0 aliphatic carbocycles. The van der Waals surface area contributed by atoms with Crippen LogP contribution in [0.15, 0.2) is 47.4 Å². The van der Waals surface area contributed by atoms with Gasteiger partial charge in [-0.3, -0.25) is 9.52 Å². The smallest absolute Gasteiger partial charge is 0.262 e. The van der Waals surface area contributed by atoms with Gasteiger partial charge in [0.1, 0.15) is 11.6 Å². The lowest BCUT2D eigenvalue weighted by Gasteiger charge is -2.18. The standard InChI is InChI=1S/C14H11FN2O4S/c15-9-1-4-11(5-2-9)22(19,20)17-10-3-6-12-13(7-10)21-8-14(18)16-12/h1-7,17H,8H2,(H,16,18). The molecule has 1 amide bonds. The summed E-state index contributed by atoms with van der Waals surface area (Å²) in [6.45, 7) is -0.124. The Hall–Kier alpha value is -2.61. The minimum absolute atomic E-state index is 0.0548. The van der Waals surface area contributed by atoms with Crippen LogP contribution >= 0.6 is 0 Å². The molecule has 1 aliphatic rings. The SMILES string of the molecule is O=C1COc2cc(NS(=O)(=O)c3ccc(F)cc3)ccc2N1. The molecule has 0 atom stereocenters. The summed E-state index contributed by atoms with van der Waals surface area (Å²) in [5.74, 6) is -0.414. The van der Waals surface area contributed by atoms with Gasteiger partial charge in [-0.25, -0.2) is 12.8 Å². The van der Waals surface area contributed by atoms with Gasteiger partial charge < -0.3 is 10.1 Å². The van der Waals surface area contributed by atoms with E-state index in [0.29, 0.717) is 11.4 Å². The van der Waals surface area contributed by atoms with Crippen LogP contribution in [-0.4, -0.2) is 20.9 Å². The first-order chi connectivity index (χ1) is 10.4. The number of ether oxygens (including phenoxy) is 1. The van der Waals surface area contributed by atoms with E-state index in [4.69, 9.17) is 4.74 Å². The first-order valence-corrected chi connectivity index (χ1v) is 7.77. The highest BCUT2D eigenvalue weighted by Crippen LogP contribution is 2.31. The zero-order chi connectivity index (χ0) is 15.7. The van der Waals surface area contributed by atoms with Gasteiger partial charge in [-0.2, -0.15) is 0 Å². The molecule has 22 heavy (non-hydrogen) atoms. The number of sulfonamides is 1. The fourth-order valence-electron chi connectivity index (χ4n) is 1.97. The summed E-state index contributed by atoms with van der Waals surface area (Å²) >= 11 is 0. The molecule has 0 radical (unpaired) electrons. The number of anilines is 2. The quantitative estimate of drug-likeness (QED) is 0.904. The molecular formula is C14H11FN2O4S. The minimum atomic E-state index is -3.83. The van der Waals surface area contributed by atoms with Crippen molar-refractivity contribution in [2.75, 3.05) is 16.6 Å². The largest absolute Gasteiger partial charge is 0.482 e. The van der Waals surface area contributed by atoms with Gasteiger partial charge in [0.15, 0.2) is 6.61 Å². The van der Waals surface area contributed by atoms with Crippen LogP contribution in [0.2, 0.25) is 0 Å². The summed E-state index contributed by atoms with van der Waals surface area (Å²) in [5.41, 5.74) is 0.750. The number of benzene rings is 2. The molecule has 0 fully saturated rings. The lowest BCUT2D eigenvalue weighted by Crippen LogP contribution is -2.25. The highest BCUT2D eigenvalue weighted by atomic mass is 32.2. The van der Waals surface area contributed by atoms with E-state index in [1.807, 2.05) is 0 Å². The summed E-state index contributed by atoms with van der Waals surface area (Å²) in [5, 5.41) is 2.61. The number of nitrogens with one attached hydrogen (secondary N) is 2. The Bertz CT molecular complexity index is 834. The van der Waals surface area contributed by atoms with E-state index < -0.39 is 15.8 Å². The lowest BCUT2D eigenvalue weighted by molar-refractivity contribution is -0.118. The van der Waals surface area contributed by atoms with Gasteiger partial charge in [0.05, 0.1) is 16.3 Å². The van der Waals surface area contributed by atoms with Gasteiger partial charge in [0.2, 0.25) is 0 Å². The number of carbonyl (C=O) groups is 1. The molecule has 0 aromatic heterocycles. The van der Waals surface area contributed by atoms with Crippen LogP contribution in [0.4, 0.5) is 15.8 Å². The molecule has 2 aromatic carbocycles. The van der Waals surface area contributed by atoms with Gasteiger partial charge in [0.25, 0.3) is 15.9 Å². The molecule has 6 nitrogen and oxygen atoms in total. The second-order valence-electron chi connectivity index (χ2n) is 4.61. The Balaban J connectivity index is 1.86. The molecule has 2 aromatic rings. The number of hydrogen-bond acceptors (Lipinski definition) is 4. The highest BCUT2D eigenvalue weighted by molar-refractivity contribution is 7.92. The summed E-state index contributed by atoms with van der Waals surface area (Å²) < 4.78 is 44.8. The lowest BCUT2D eigenvalue weighted by atomic mass is 10.2. The summed E-state index contributed by atoms with van der Waals surface area (Å²) in [6, 6.07) is 8.99. The molecular weight excluding hydrogens is 311 g/mol. The third-order valence-electron chi connectivity index (χ3n) is 2.99. The van der Waals surface area contributed by atoms with Crippen molar-refractivity contribution in [2.24, 2.45) is 0 Å². The predicted octanol–water partition coefficient (Wildman–Crippen LogP) is 1.96. The van der Waals surface area contributed by atoms with Crippen molar-refractivity contribution < 1.29 is 22.3 Å². The number of rotatable bonds is 3. The van der Waals surface area contributed by atoms with Crippen molar-refractivity contribution in [3.63, 3.8) is 0 Å². The van der Waals surface area contributed by atoms with Gasteiger partial charge in [0, 0.05) is 6.07 Å². The topological polar surface area (TPSA) is 84.5 Å². The summed E-state index contributed by atoms with van der Waals surface area (Å²) in [6.07, 6.45) is 0. The maximum absolute atomic E-state index is 12.9. The average molecular weight is 322 g/mol.